The Bertz CT molecular complexity index is 1080. The van der Waals surface area contributed by atoms with Gasteiger partial charge >= 0.3 is 5.97 Å². The Kier molecular flexibility index (Phi) is 6.82. The number of nitrogens with zero attached hydrogens (tertiary/aromatic N) is 2. The molecule has 1 aromatic heterocycles. The second-order valence-electron chi connectivity index (χ2n) is 6.44. The number of carbonyl (C=O) groups excluding carboxylic acids is 2. The van der Waals surface area contributed by atoms with E-state index in [1.54, 1.807) is 31.2 Å². The zero-order valence-corrected chi connectivity index (χ0v) is 17.6. The fraction of sp³-hybridized carbons (Fsp3) is 0.318. The number of hydrogen-bond acceptors (Lipinski definition) is 5. The SMILES string of the molecule is CCOC(=O)CCn1c(=NC(=O)c2ccc(OCC)cc2)sc2cc(C)ccc21. The van der Waals surface area contributed by atoms with Crippen molar-refractivity contribution in [2.24, 2.45) is 4.99 Å². The number of benzene rings is 2. The summed E-state index contributed by atoms with van der Waals surface area (Å²) in [5, 5.41) is 0. The van der Waals surface area contributed by atoms with Crippen LogP contribution in [0, 0.1) is 6.92 Å². The summed E-state index contributed by atoms with van der Waals surface area (Å²) in [6.07, 6.45) is 0.220. The molecule has 3 rings (SSSR count). The van der Waals surface area contributed by atoms with E-state index in [1.165, 1.54) is 11.3 Å². The molecule has 0 unspecified atom stereocenters. The number of aryl methyl sites for hydroxylation is 2. The molecule has 7 heteroatoms. The van der Waals surface area contributed by atoms with Crippen LogP contribution >= 0.6 is 11.3 Å². The molecule has 0 aliphatic heterocycles. The fourth-order valence-electron chi connectivity index (χ4n) is 2.93. The van der Waals surface area contributed by atoms with Crippen LogP contribution in [0.2, 0.25) is 0 Å². The molecular formula is C22H24N2O4S. The molecular weight excluding hydrogens is 388 g/mol. The molecule has 0 radical (unpaired) electrons. The van der Waals surface area contributed by atoms with Crippen molar-refractivity contribution in [3.63, 3.8) is 0 Å². The molecule has 1 heterocycles. The van der Waals surface area contributed by atoms with E-state index >= 15 is 0 Å². The Hall–Kier alpha value is -2.93. The van der Waals surface area contributed by atoms with Gasteiger partial charge in [-0.2, -0.15) is 4.99 Å². The molecule has 0 saturated carbocycles. The van der Waals surface area contributed by atoms with E-state index < -0.39 is 0 Å². The van der Waals surface area contributed by atoms with Crippen LogP contribution in [0.1, 0.15) is 36.2 Å². The minimum absolute atomic E-state index is 0.220. The van der Waals surface area contributed by atoms with E-state index in [0.29, 0.717) is 35.9 Å². The van der Waals surface area contributed by atoms with Gasteiger partial charge in [0.15, 0.2) is 4.80 Å². The summed E-state index contributed by atoms with van der Waals surface area (Å²) >= 11 is 1.44. The second kappa shape index (κ2) is 9.52. The number of thiazole rings is 1. The van der Waals surface area contributed by atoms with E-state index in [4.69, 9.17) is 9.47 Å². The minimum atomic E-state index is -0.332. The lowest BCUT2D eigenvalue weighted by atomic mass is 10.2. The maximum atomic E-state index is 12.7. The maximum absolute atomic E-state index is 12.7. The molecule has 0 aliphatic carbocycles. The summed E-state index contributed by atoms with van der Waals surface area (Å²) in [7, 11) is 0. The molecule has 0 spiro atoms. The maximum Gasteiger partial charge on any atom is 0.307 e. The number of ether oxygens (including phenoxy) is 2. The number of carbonyl (C=O) groups is 2. The van der Waals surface area contributed by atoms with Gasteiger partial charge in [-0.3, -0.25) is 9.59 Å². The largest absolute Gasteiger partial charge is 0.494 e. The number of esters is 1. The fourth-order valence-corrected chi connectivity index (χ4v) is 4.08. The van der Waals surface area contributed by atoms with Crippen molar-refractivity contribution in [2.45, 2.75) is 33.7 Å². The van der Waals surface area contributed by atoms with Crippen LogP contribution in [-0.4, -0.2) is 29.7 Å². The summed E-state index contributed by atoms with van der Waals surface area (Å²) in [6, 6.07) is 13.0. The van der Waals surface area contributed by atoms with E-state index in [2.05, 4.69) is 11.1 Å². The molecule has 2 aromatic carbocycles. The summed E-state index contributed by atoms with van der Waals surface area (Å²) in [5.41, 5.74) is 2.56. The first kappa shape index (κ1) is 20.8. The first-order valence-corrected chi connectivity index (χ1v) is 10.4. The quantitative estimate of drug-likeness (QED) is 0.548. The predicted molar refractivity (Wildman–Crippen MR) is 113 cm³/mol. The molecule has 0 fully saturated rings. The molecule has 0 aliphatic rings. The van der Waals surface area contributed by atoms with Crippen molar-refractivity contribution < 1.29 is 19.1 Å². The first-order valence-electron chi connectivity index (χ1n) is 9.59. The summed E-state index contributed by atoms with van der Waals surface area (Å²) < 4.78 is 13.4. The molecule has 0 bridgehead atoms. The lowest BCUT2D eigenvalue weighted by molar-refractivity contribution is -0.143. The molecule has 3 aromatic rings. The molecule has 0 N–H and O–H groups in total. The monoisotopic (exact) mass is 412 g/mol. The van der Waals surface area contributed by atoms with Crippen molar-refractivity contribution in [1.82, 2.24) is 4.57 Å². The van der Waals surface area contributed by atoms with Crippen LogP contribution in [0.3, 0.4) is 0 Å². The predicted octanol–water partition coefficient (Wildman–Crippen LogP) is 4.10. The van der Waals surface area contributed by atoms with Gasteiger partial charge in [0.2, 0.25) is 0 Å². The average molecular weight is 413 g/mol. The minimum Gasteiger partial charge on any atom is -0.494 e. The van der Waals surface area contributed by atoms with Gasteiger partial charge < -0.3 is 14.0 Å². The van der Waals surface area contributed by atoms with Crippen LogP contribution in [-0.2, 0) is 16.1 Å². The number of rotatable bonds is 7. The topological polar surface area (TPSA) is 69.9 Å². The molecule has 6 nitrogen and oxygen atoms in total. The van der Waals surface area contributed by atoms with Gasteiger partial charge in [0.05, 0.1) is 29.9 Å². The van der Waals surface area contributed by atoms with Gasteiger partial charge in [0.25, 0.3) is 5.91 Å². The van der Waals surface area contributed by atoms with E-state index in [0.717, 1.165) is 15.8 Å². The van der Waals surface area contributed by atoms with Crippen LogP contribution in [0.4, 0.5) is 0 Å². The van der Waals surface area contributed by atoms with Crippen molar-refractivity contribution >= 4 is 33.4 Å². The molecule has 1 amide bonds. The smallest absolute Gasteiger partial charge is 0.307 e. The van der Waals surface area contributed by atoms with Gasteiger partial charge in [0, 0.05) is 12.1 Å². The van der Waals surface area contributed by atoms with Gasteiger partial charge in [-0.25, -0.2) is 0 Å². The van der Waals surface area contributed by atoms with Crippen LogP contribution in [0.25, 0.3) is 10.2 Å². The molecule has 0 saturated heterocycles. The standard InChI is InChI=1S/C22H24N2O4S/c1-4-27-17-9-7-16(8-10-17)21(26)23-22-24(13-12-20(25)28-5-2)18-11-6-15(3)14-19(18)29-22/h6-11,14H,4-5,12-13H2,1-3H3. The molecule has 0 atom stereocenters. The summed E-state index contributed by atoms with van der Waals surface area (Å²) in [4.78, 5) is 29.5. The Morgan fingerprint density at radius 2 is 1.83 bits per heavy atom. The third-order valence-electron chi connectivity index (χ3n) is 4.29. The van der Waals surface area contributed by atoms with Crippen molar-refractivity contribution in [2.75, 3.05) is 13.2 Å². The molecule has 152 valence electrons. The van der Waals surface area contributed by atoms with Gasteiger partial charge in [-0.15, -0.1) is 0 Å². The average Bonchev–Trinajstić information content (AvgIpc) is 3.03. The first-order chi connectivity index (χ1) is 14.0. The van der Waals surface area contributed by atoms with Gasteiger partial charge in [-0.05, 0) is 62.7 Å². The number of amides is 1. The van der Waals surface area contributed by atoms with Gasteiger partial charge in [-0.1, -0.05) is 17.4 Å². The van der Waals surface area contributed by atoms with Crippen LogP contribution in [0.15, 0.2) is 47.5 Å². The van der Waals surface area contributed by atoms with E-state index in [1.807, 2.05) is 30.5 Å². The number of fused-ring (bicyclic) bond motifs is 1. The zero-order chi connectivity index (χ0) is 20.8. The van der Waals surface area contributed by atoms with Crippen molar-refractivity contribution in [1.29, 1.82) is 0 Å². The third kappa shape index (κ3) is 5.12. The van der Waals surface area contributed by atoms with Crippen LogP contribution < -0.4 is 9.54 Å². The number of aromatic nitrogens is 1. The van der Waals surface area contributed by atoms with Crippen molar-refractivity contribution in [3.05, 3.63) is 58.4 Å². The van der Waals surface area contributed by atoms with Gasteiger partial charge in [0.1, 0.15) is 5.75 Å². The summed E-state index contributed by atoms with van der Waals surface area (Å²) in [5.74, 6) is 0.113. The van der Waals surface area contributed by atoms with Crippen LogP contribution in [0.5, 0.6) is 5.75 Å². The Morgan fingerprint density at radius 1 is 1.07 bits per heavy atom. The lowest BCUT2D eigenvalue weighted by Gasteiger charge is -2.06. The highest BCUT2D eigenvalue weighted by molar-refractivity contribution is 7.16. The second-order valence-corrected chi connectivity index (χ2v) is 7.45. The highest BCUT2D eigenvalue weighted by Gasteiger charge is 2.12. The van der Waals surface area contributed by atoms with E-state index in [9.17, 15) is 9.59 Å². The zero-order valence-electron chi connectivity index (χ0n) is 16.8. The molecule has 29 heavy (non-hydrogen) atoms. The Balaban J connectivity index is 1.96. The normalized spacial score (nSPS) is 11.6. The highest BCUT2D eigenvalue weighted by Crippen LogP contribution is 2.20. The lowest BCUT2D eigenvalue weighted by Crippen LogP contribution is -2.19. The number of hydrogen-bond donors (Lipinski definition) is 0. The summed E-state index contributed by atoms with van der Waals surface area (Å²) in [6.45, 7) is 7.03. The third-order valence-corrected chi connectivity index (χ3v) is 5.33. The highest BCUT2D eigenvalue weighted by atomic mass is 32.1. The Morgan fingerprint density at radius 3 is 2.52 bits per heavy atom. The van der Waals surface area contributed by atoms with E-state index in [-0.39, 0.29) is 18.3 Å². The Labute approximate surface area is 173 Å². The van der Waals surface area contributed by atoms with Crippen molar-refractivity contribution in [3.8, 4) is 5.75 Å².